The van der Waals surface area contributed by atoms with E-state index in [1.807, 2.05) is 30.0 Å². The molecule has 1 aromatic heterocycles. The summed E-state index contributed by atoms with van der Waals surface area (Å²) in [5.74, 6) is 0.263. The Bertz CT molecular complexity index is 1240. The SMILES string of the molecule is CCC(Oc1ccc2c(c1)C(c1ccc(F)cc1)N(C(=O)c1ccco1)CC2)C(=O)N1CCN(C)CC1. The number of hydrogen-bond donors (Lipinski definition) is 0. The smallest absolute Gasteiger partial charge is 0.290 e. The van der Waals surface area contributed by atoms with Gasteiger partial charge in [-0.15, -0.1) is 0 Å². The molecule has 1 saturated heterocycles. The summed E-state index contributed by atoms with van der Waals surface area (Å²) in [5, 5.41) is 0. The molecule has 3 aromatic rings. The van der Waals surface area contributed by atoms with Gasteiger partial charge in [0.05, 0.1) is 12.3 Å². The van der Waals surface area contributed by atoms with E-state index in [0.717, 1.165) is 29.8 Å². The van der Waals surface area contributed by atoms with Gasteiger partial charge < -0.3 is 23.9 Å². The first-order valence-corrected chi connectivity index (χ1v) is 12.8. The molecule has 7 nitrogen and oxygen atoms in total. The second-order valence-corrected chi connectivity index (χ2v) is 9.68. The molecule has 2 atom stereocenters. The van der Waals surface area contributed by atoms with Gasteiger partial charge in [-0.2, -0.15) is 0 Å². The number of nitrogens with zero attached hydrogens (tertiary/aromatic N) is 3. The fourth-order valence-electron chi connectivity index (χ4n) is 5.13. The maximum absolute atomic E-state index is 13.8. The fourth-order valence-corrected chi connectivity index (χ4v) is 5.13. The number of furan rings is 1. The van der Waals surface area contributed by atoms with Crippen LogP contribution >= 0.6 is 0 Å². The predicted octanol–water partition coefficient (Wildman–Crippen LogP) is 4.14. The summed E-state index contributed by atoms with van der Waals surface area (Å²) in [5.41, 5.74) is 2.78. The van der Waals surface area contributed by atoms with Crippen molar-refractivity contribution in [3.05, 3.63) is 89.1 Å². The zero-order chi connectivity index (χ0) is 25.9. The maximum atomic E-state index is 13.8. The Kier molecular flexibility index (Phi) is 7.28. The topological polar surface area (TPSA) is 66.2 Å². The van der Waals surface area contributed by atoms with Crippen LogP contribution in [-0.4, -0.2) is 72.4 Å². The third kappa shape index (κ3) is 5.25. The molecule has 8 heteroatoms. The second kappa shape index (κ2) is 10.8. The first-order chi connectivity index (χ1) is 17.9. The number of likely N-dealkylation sites (N-methyl/N-ethyl adjacent to an activating group) is 1. The van der Waals surface area contributed by atoms with Crippen LogP contribution < -0.4 is 4.74 Å². The van der Waals surface area contributed by atoms with Gasteiger partial charge in [0, 0.05) is 32.7 Å². The van der Waals surface area contributed by atoms with E-state index < -0.39 is 12.1 Å². The lowest BCUT2D eigenvalue weighted by Crippen LogP contribution is -2.51. The van der Waals surface area contributed by atoms with Crippen molar-refractivity contribution in [2.45, 2.75) is 31.9 Å². The molecule has 2 aliphatic rings. The van der Waals surface area contributed by atoms with E-state index in [2.05, 4.69) is 11.9 Å². The summed E-state index contributed by atoms with van der Waals surface area (Å²) < 4.78 is 25.4. The van der Waals surface area contributed by atoms with Gasteiger partial charge >= 0.3 is 0 Å². The number of hydrogen-bond acceptors (Lipinski definition) is 5. The lowest BCUT2D eigenvalue weighted by atomic mass is 9.87. The van der Waals surface area contributed by atoms with E-state index in [1.165, 1.54) is 18.4 Å². The van der Waals surface area contributed by atoms with Crippen LogP contribution in [0.2, 0.25) is 0 Å². The van der Waals surface area contributed by atoms with Crippen LogP contribution in [0.5, 0.6) is 5.75 Å². The first-order valence-electron chi connectivity index (χ1n) is 12.8. The minimum absolute atomic E-state index is 0.00183. The Morgan fingerprint density at radius 2 is 1.81 bits per heavy atom. The van der Waals surface area contributed by atoms with Crippen molar-refractivity contribution < 1.29 is 23.1 Å². The van der Waals surface area contributed by atoms with Crippen molar-refractivity contribution in [3.8, 4) is 5.75 Å². The minimum Gasteiger partial charge on any atom is -0.481 e. The molecular formula is C29H32FN3O4. The summed E-state index contributed by atoms with van der Waals surface area (Å²) in [4.78, 5) is 32.4. The number of halogens is 1. The molecule has 0 saturated carbocycles. The molecule has 194 valence electrons. The largest absolute Gasteiger partial charge is 0.481 e. The average molecular weight is 506 g/mol. The Balaban J connectivity index is 1.45. The summed E-state index contributed by atoms with van der Waals surface area (Å²) in [6.07, 6.45) is 2.10. The third-order valence-electron chi connectivity index (χ3n) is 7.26. The molecule has 2 amide bonds. The molecule has 3 heterocycles. The van der Waals surface area contributed by atoms with E-state index in [-0.39, 0.29) is 23.4 Å². The zero-order valence-electron chi connectivity index (χ0n) is 21.2. The van der Waals surface area contributed by atoms with E-state index >= 15 is 0 Å². The van der Waals surface area contributed by atoms with Gasteiger partial charge in [0.25, 0.3) is 11.8 Å². The fraction of sp³-hybridized carbons (Fsp3) is 0.379. The first kappa shape index (κ1) is 25.0. The Hall–Kier alpha value is -3.65. The number of rotatable bonds is 6. The summed E-state index contributed by atoms with van der Waals surface area (Å²) in [7, 11) is 2.06. The summed E-state index contributed by atoms with van der Waals surface area (Å²) in [6, 6.07) is 14.9. The van der Waals surface area contributed by atoms with E-state index in [9.17, 15) is 14.0 Å². The Morgan fingerprint density at radius 3 is 2.49 bits per heavy atom. The monoisotopic (exact) mass is 505 g/mol. The normalized spacial score (nSPS) is 18.8. The van der Waals surface area contributed by atoms with Crippen LogP contribution in [0, 0.1) is 5.82 Å². The van der Waals surface area contributed by atoms with Gasteiger partial charge in [-0.25, -0.2) is 4.39 Å². The molecule has 0 aliphatic carbocycles. The van der Waals surface area contributed by atoms with E-state index in [1.54, 1.807) is 29.2 Å². The molecule has 0 radical (unpaired) electrons. The van der Waals surface area contributed by atoms with Crippen molar-refractivity contribution in [2.24, 2.45) is 0 Å². The molecule has 2 aliphatic heterocycles. The highest BCUT2D eigenvalue weighted by Crippen LogP contribution is 2.38. The van der Waals surface area contributed by atoms with Crippen molar-refractivity contribution >= 4 is 11.8 Å². The van der Waals surface area contributed by atoms with Crippen LogP contribution in [-0.2, 0) is 11.2 Å². The van der Waals surface area contributed by atoms with Gasteiger partial charge in [0.2, 0.25) is 0 Å². The zero-order valence-corrected chi connectivity index (χ0v) is 21.2. The number of ether oxygens (including phenoxy) is 1. The Morgan fingerprint density at radius 1 is 1.05 bits per heavy atom. The van der Waals surface area contributed by atoms with Crippen LogP contribution in [0.15, 0.2) is 65.3 Å². The molecule has 1 fully saturated rings. The number of piperazine rings is 1. The number of carbonyl (C=O) groups excluding carboxylic acids is 2. The molecule has 0 spiro atoms. The van der Waals surface area contributed by atoms with Crippen LogP contribution in [0.3, 0.4) is 0 Å². The van der Waals surface area contributed by atoms with Crippen molar-refractivity contribution in [1.82, 2.24) is 14.7 Å². The number of benzene rings is 2. The van der Waals surface area contributed by atoms with E-state index in [0.29, 0.717) is 38.2 Å². The summed E-state index contributed by atoms with van der Waals surface area (Å²) >= 11 is 0. The lowest BCUT2D eigenvalue weighted by Gasteiger charge is -2.38. The van der Waals surface area contributed by atoms with Crippen LogP contribution in [0.1, 0.15) is 46.6 Å². The highest BCUT2D eigenvalue weighted by atomic mass is 19.1. The number of amides is 2. The molecular weight excluding hydrogens is 473 g/mol. The molecule has 0 bridgehead atoms. The standard InChI is InChI=1S/C29H32FN3O4/c1-3-25(28(34)32-16-14-31(2)15-17-32)37-23-11-8-20-12-13-33(29(35)26-5-4-18-36-26)27(24(20)19-23)21-6-9-22(30)10-7-21/h4-11,18-19,25,27H,3,12-17H2,1-2H3. The third-order valence-corrected chi connectivity index (χ3v) is 7.26. The van der Waals surface area contributed by atoms with Gasteiger partial charge in [-0.3, -0.25) is 9.59 Å². The minimum atomic E-state index is -0.588. The molecule has 37 heavy (non-hydrogen) atoms. The van der Waals surface area contributed by atoms with E-state index in [4.69, 9.17) is 9.15 Å². The van der Waals surface area contributed by atoms with Gasteiger partial charge in [-0.1, -0.05) is 25.1 Å². The van der Waals surface area contributed by atoms with Crippen molar-refractivity contribution in [2.75, 3.05) is 39.8 Å². The van der Waals surface area contributed by atoms with Crippen molar-refractivity contribution in [3.63, 3.8) is 0 Å². The highest BCUT2D eigenvalue weighted by Gasteiger charge is 2.34. The van der Waals surface area contributed by atoms with Gasteiger partial charge in [0.15, 0.2) is 11.9 Å². The molecule has 2 aromatic carbocycles. The molecule has 0 N–H and O–H groups in total. The predicted molar refractivity (Wildman–Crippen MR) is 137 cm³/mol. The highest BCUT2D eigenvalue weighted by molar-refractivity contribution is 5.92. The Labute approximate surface area is 216 Å². The second-order valence-electron chi connectivity index (χ2n) is 9.68. The number of carbonyl (C=O) groups is 2. The number of fused-ring (bicyclic) bond motifs is 1. The van der Waals surface area contributed by atoms with Gasteiger partial charge in [0.1, 0.15) is 11.6 Å². The van der Waals surface area contributed by atoms with Crippen LogP contribution in [0.25, 0.3) is 0 Å². The average Bonchev–Trinajstić information content (AvgIpc) is 3.46. The van der Waals surface area contributed by atoms with Crippen LogP contribution in [0.4, 0.5) is 4.39 Å². The summed E-state index contributed by atoms with van der Waals surface area (Å²) in [6.45, 7) is 5.52. The maximum Gasteiger partial charge on any atom is 0.290 e. The molecule has 2 unspecified atom stereocenters. The van der Waals surface area contributed by atoms with Gasteiger partial charge in [-0.05, 0) is 73.0 Å². The quantitative estimate of drug-likeness (QED) is 0.504. The molecule has 5 rings (SSSR count). The van der Waals surface area contributed by atoms with Crippen molar-refractivity contribution in [1.29, 1.82) is 0 Å². The lowest BCUT2D eigenvalue weighted by molar-refractivity contribution is -0.140.